The molecule has 0 saturated carbocycles. The number of hydrogen-bond donors (Lipinski definition) is 1. The van der Waals surface area contributed by atoms with Crippen molar-refractivity contribution in [1.82, 2.24) is 25.2 Å². The smallest absolute Gasteiger partial charge is 0.273 e. The predicted octanol–water partition coefficient (Wildman–Crippen LogP) is 2.66. The SMILES string of the molecule is CCOc1cc(CN2CCC(n3cc(C(=O)NC(C)C)nn3)CC2)ccc1OC. The maximum absolute atomic E-state index is 12.1. The lowest BCUT2D eigenvalue weighted by Crippen LogP contribution is -2.34. The standard InChI is InChI=1S/C21H31N5O3/c1-5-29-20-12-16(6-7-19(20)28-4)13-25-10-8-17(9-11-25)26-14-18(23-24-26)21(27)22-15(2)3/h6-7,12,14-15,17H,5,8-11,13H2,1-4H3,(H,22,27). The molecule has 0 radical (unpaired) electrons. The second-order valence-corrected chi connectivity index (χ2v) is 7.64. The van der Waals surface area contributed by atoms with E-state index in [0.29, 0.717) is 12.3 Å². The molecule has 1 aromatic heterocycles. The first-order valence-corrected chi connectivity index (χ1v) is 10.2. The number of nitrogens with zero attached hydrogens (tertiary/aromatic N) is 4. The quantitative estimate of drug-likeness (QED) is 0.732. The molecule has 8 heteroatoms. The fourth-order valence-corrected chi connectivity index (χ4v) is 3.58. The van der Waals surface area contributed by atoms with E-state index in [2.05, 4.69) is 32.7 Å². The van der Waals surface area contributed by atoms with E-state index < -0.39 is 0 Å². The van der Waals surface area contributed by atoms with E-state index in [4.69, 9.17) is 9.47 Å². The van der Waals surface area contributed by atoms with E-state index in [1.807, 2.05) is 31.5 Å². The summed E-state index contributed by atoms with van der Waals surface area (Å²) in [4.78, 5) is 14.5. The zero-order chi connectivity index (χ0) is 20.8. The van der Waals surface area contributed by atoms with E-state index in [0.717, 1.165) is 44.0 Å². The van der Waals surface area contributed by atoms with Crippen LogP contribution in [0.15, 0.2) is 24.4 Å². The molecule has 0 bridgehead atoms. The molecular weight excluding hydrogens is 370 g/mol. The largest absolute Gasteiger partial charge is 0.493 e. The van der Waals surface area contributed by atoms with Gasteiger partial charge in [-0.1, -0.05) is 11.3 Å². The summed E-state index contributed by atoms with van der Waals surface area (Å²) in [5, 5.41) is 11.1. The molecule has 0 spiro atoms. The van der Waals surface area contributed by atoms with E-state index in [1.165, 1.54) is 5.56 Å². The molecule has 8 nitrogen and oxygen atoms in total. The van der Waals surface area contributed by atoms with Gasteiger partial charge < -0.3 is 14.8 Å². The Hall–Kier alpha value is -2.61. The van der Waals surface area contributed by atoms with Gasteiger partial charge in [-0.3, -0.25) is 9.69 Å². The summed E-state index contributed by atoms with van der Waals surface area (Å²) in [5.74, 6) is 1.38. The van der Waals surface area contributed by atoms with Crippen LogP contribution in [-0.4, -0.2) is 58.6 Å². The highest BCUT2D eigenvalue weighted by Gasteiger charge is 2.23. The minimum atomic E-state index is -0.173. The van der Waals surface area contributed by atoms with Crippen LogP contribution in [-0.2, 0) is 6.54 Å². The van der Waals surface area contributed by atoms with Gasteiger partial charge in [-0.25, -0.2) is 4.68 Å². The van der Waals surface area contributed by atoms with Gasteiger partial charge in [-0.15, -0.1) is 5.10 Å². The van der Waals surface area contributed by atoms with Gasteiger partial charge in [0.25, 0.3) is 5.91 Å². The highest BCUT2D eigenvalue weighted by molar-refractivity contribution is 5.91. The Labute approximate surface area is 172 Å². The molecule has 29 heavy (non-hydrogen) atoms. The minimum absolute atomic E-state index is 0.0806. The third-order valence-corrected chi connectivity index (χ3v) is 5.03. The van der Waals surface area contributed by atoms with Crippen molar-refractivity contribution in [3.8, 4) is 11.5 Å². The summed E-state index contributed by atoms with van der Waals surface area (Å²) in [6.07, 6.45) is 3.71. The highest BCUT2D eigenvalue weighted by atomic mass is 16.5. The number of hydrogen-bond acceptors (Lipinski definition) is 6. The molecule has 1 amide bonds. The molecule has 3 rings (SSSR count). The van der Waals surface area contributed by atoms with Crippen molar-refractivity contribution in [2.24, 2.45) is 0 Å². The fraction of sp³-hybridized carbons (Fsp3) is 0.571. The normalized spacial score (nSPS) is 15.5. The molecule has 2 aromatic rings. The monoisotopic (exact) mass is 401 g/mol. The number of rotatable bonds is 8. The van der Waals surface area contributed by atoms with Gasteiger partial charge in [0.2, 0.25) is 0 Å². The van der Waals surface area contributed by atoms with Crippen molar-refractivity contribution in [3.05, 3.63) is 35.7 Å². The van der Waals surface area contributed by atoms with Crippen molar-refractivity contribution in [3.63, 3.8) is 0 Å². The average molecular weight is 402 g/mol. The van der Waals surface area contributed by atoms with Crippen LogP contribution in [0, 0.1) is 0 Å². The Bertz CT molecular complexity index is 812. The molecule has 0 unspecified atom stereocenters. The summed E-state index contributed by atoms with van der Waals surface area (Å²) >= 11 is 0. The molecular formula is C21H31N5O3. The first kappa shape index (κ1) is 21.1. The Morgan fingerprint density at radius 2 is 2.03 bits per heavy atom. The number of carbonyl (C=O) groups is 1. The van der Waals surface area contributed by atoms with E-state index in [1.54, 1.807) is 13.3 Å². The van der Waals surface area contributed by atoms with Crippen molar-refractivity contribution >= 4 is 5.91 Å². The molecule has 1 aromatic carbocycles. The summed E-state index contributed by atoms with van der Waals surface area (Å²) < 4.78 is 12.9. The van der Waals surface area contributed by atoms with Crippen LogP contribution in [0.25, 0.3) is 0 Å². The van der Waals surface area contributed by atoms with Gasteiger partial charge in [0, 0.05) is 25.7 Å². The second-order valence-electron chi connectivity index (χ2n) is 7.64. The molecule has 158 valence electrons. The van der Waals surface area contributed by atoms with Crippen LogP contribution in [0.4, 0.5) is 0 Å². The lowest BCUT2D eigenvalue weighted by molar-refractivity contribution is 0.0938. The van der Waals surface area contributed by atoms with Crippen LogP contribution in [0.1, 0.15) is 55.7 Å². The van der Waals surface area contributed by atoms with E-state index in [-0.39, 0.29) is 18.0 Å². The van der Waals surface area contributed by atoms with E-state index >= 15 is 0 Å². The number of nitrogens with one attached hydrogen (secondary N) is 1. The van der Waals surface area contributed by atoms with Crippen LogP contribution < -0.4 is 14.8 Å². The molecule has 1 aliphatic heterocycles. The maximum atomic E-state index is 12.1. The van der Waals surface area contributed by atoms with E-state index in [9.17, 15) is 4.79 Å². The van der Waals surface area contributed by atoms with Crippen LogP contribution in [0.5, 0.6) is 11.5 Å². The first-order valence-electron chi connectivity index (χ1n) is 10.2. The summed E-state index contributed by atoms with van der Waals surface area (Å²) in [6.45, 7) is 9.24. The third kappa shape index (κ3) is 5.47. The zero-order valence-electron chi connectivity index (χ0n) is 17.7. The van der Waals surface area contributed by atoms with Crippen molar-refractivity contribution in [1.29, 1.82) is 0 Å². The van der Waals surface area contributed by atoms with Gasteiger partial charge in [-0.2, -0.15) is 0 Å². The number of aromatic nitrogens is 3. The molecule has 0 aliphatic carbocycles. The van der Waals surface area contributed by atoms with Gasteiger partial charge in [-0.05, 0) is 51.3 Å². The van der Waals surface area contributed by atoms with Crippen LogP contribution >= 0.6 is 0 Å². The van der Waals surface area contributed by atoms with Gasteiger partial charge in [0.05, 0.1) is 26.0 Å². The maximum Gasteiger partial charge on any atom is 0.273 e. The Balaban J connectivity index is 1.55. The molecule has 1 saturated heterocycles. The van der Waals surface area contributed by atoms with Gasteiger partial charge in [0.1, 0.15) is 0 Å². The van der Waals surface area contributed by atoms with Gasteiger partial charge >= 0.3 is 0 Å². The van der Waals surface area contributed by atoms with Crippen LogP contribution in [0.2, 0.25) is 0 Å². The number of methoxy groups -OCH3 is 1. The molecule has 2 heterocycles. The number of benzene rings is 1. The number of amides is 1. The van der Waals surface area contributed by atoms with Gasteiger partial charge in [0.15, 0.2) is 17.2 Å². The highest BCUT2D eigenvalue weighted by Crippen LogP contribution is 2.29. The Kier molecular flexibility index (Phi) is 7.09. The Morgan fingerprint density at radius 1 is 1.28 bits per heavy atom. The average Bonchev–Trinajstić information content (AvgIpc) is 3.19. The lowest BCUT2D eigenvalue weighted by atomic mass is 10.0. The fourth-order valence-electron chi connectivity index (χ4n) is 3.58. The van der Waals surface area contributed by atoms with Crippen molar-refractivity contribution < 1.29 is 14.3 Å². The first-order chi connectivity index (χ1) is 14.0. The molecule has 1 aliphatic rings. The van der Waals surface area contributed by atoms with Crippen molar-refractivity contribution in [2.75, 3.05) is 26.8 Å². The number of carbonyl (C=O) groups excluding carboxylic acids is 1. The molecule has 0 atom stereocenters. The predicted molar refractivity (Wildman–Crippen MR) is 110 cm³/mol. The number of likely N-dealkylation sites (tertiary alicyclic amines) is 1. The topological polar surface area (TPSA) is 81.5 Å². The van der Waals surface area contributed by atoms with Crippen molar-refractivity contribution in [2.45, 2.75) is 52.2 Å². The summed E-state index contributed by atoms with van der Waals surface area (Å²) in [5.41, 5.74) is 1.59. The lowest BCUT2D eigenvalue weighted by Gasteiger charge is -2.31. The van der Waals surface area contributed by atoms with Crippen LogP contribution in [0.3, 0.4) is 0 Å². The minimum Gasteiger partial charge on any atom is -0.493 e. The summed E-state index contributed by atoms with van der Waals surface area (Å²) in [7, 11) is 1.66. The third-order valence-electron chi connectivity index (χ3n) is 5.03. The number of piperidine rings is 1. The summed E-state index contributed by atoms with van der Waals surface area (Å²) in [6, 6.07) is 6.47. The molecule has 1 N–H and O–H groups in total. The molecule has 1 fully saturated rings. The number of ether oxygens (including phenoxy) is 2. The zero-order valence-corrected chi connectivity index (χ0v) is 17.7. The second kappa shape index (κ2) is 9.73. The Morgan fingerprint density at radius 3 is 2.69 bits per heavy atom.